The van der Waals surface area contributed by atoms with Crippen molar-refractivity contribution in [1.29, 1.82) is 0 Å². The Morgan fingerprint density at radius 1 is 0.903 bits per heavy atom. The molecule has 0 aliphatic heterocycles. The topological polar surface area (TPSA) is 39.9 Å². The molecule has 5 aromatic rings. The van der Waals surface area contributed by atoms with Crippen molar-refractivity contribution >= 4 is 21.9 Å². The van der Waals surface area contributed by atoms with Crippen LogP contribution in [0.25, 0.3) is 33.1 Å². The second-order valence-corrected chi connectivity index (χ2v) is 8.04. The normalized spacial score (nSPS) is 12.4. The van der Waals surface area contributed by atoms with Crippen LogP contribution < -0.4 is 4.74 Å². The van der Waals surface area contributed by atoms with E-state index in [2.05, 4.69) is 86.0 Å². The van der Waals surface area contributed by atoms with Crippen molar-refractivity contribution in [2.45, 2.75) is 26.8 Å². The highest BCUT2D eigenvalue weighted by molar-refractivity contribution is 6.05. The molecule has 2 heterocycles. The largest absolute Gasteiger partial charge is 0.496 e. The van der Waals surface area contributed by atoms with E-state index in [1.54, 1.807) is 7.11 Å². The lowest BCUT2D eigenvalue weighted by Gasteiger charge is -2.18. The summed E-state index contributed by atoms with van der Waals surface area (Å²) in [5.74, 6) is 1.81. The molecule has 0 saturated heterocycles. The molecular weight excluding hydrogens is 382 g/mol. The van der Waals surface area contributed by atoms with Crippen LogP contribution in [0.2, 0.25) is 0 Å². The first-order valence-electron chi connectivity index (χ1n) is 10.5. The fraction of sp³-hybridized carbons (Fsp3) is 0.185. The van der Waals surface area contributed by atoms with E-state index < -0.39 is 0 Å². The summed E-state index contributed by atoms with van der Waals surface area (Å²) < 4.78 is 8.13. The first-order valence-corrected chi connectivity index (χ1v) is 10.5. The predicted molar refractivity (Wildman–Crippen MR) is 127 cm³/mol. The number of aromatic nitrogens is 3. The van der Waals surface area contributed by atoms with Crippen LogP contribution in [0.5, 0.6) is 5.75 Å². The van der Waals surface area contributed by atoms with Gasteiger partial charge in [0, 0.05) is 10.9 Å². The molecule has 0 amide bonds. The number of pyridine rings is 1. The van der Waals surface area contributed by atoms with Crippen molar-refractivity contribution in [2.75, 3.05) is 7.11 Å². The summed E-state index contributed by atoms with van der Waals surface area (Å²) in [6.45, 7) is 6.37. The number of methoxy groups -OCH3 is 1. The second kappa shape index (κ2) is 7.55. The molecule has 4 heteroatoms. The third-order valence-corrected chi connectivity index (χ3v) is 6.05. The van der Waals surface area contributed by atoms with E-state index in [9.17, 15) is 0 Å². The van der Waals surface area contributed by atoms with Crippen molar-refractivity contribution in [3.63, 3.8) is 0 Å². The highest BCUT2D eigenvalue weighted by atomic mass is 16.5. The van der Waals surface area contributed by atoms with Crippen LogP contribution in [-0.4, -0.2) is 21.6 Å². The fourth-order valence-electron chi connectivity index (χ4n) is 4.40. The molecule has 0 spiro atoms. The standard InChI is InChI=1S/C27H25N3O/c1-17-10-12-21(13-11-17)22-14-24-23(15-26(22)31-4)27-25(16-28-24)29-19(3)30(27)18(2)20-8-6-5-7-9-20/h5-16,18H,1-4H3/t18-/m0/s1. The molecule has 31 heavy (non-hydrogen) atoms. The molecule has 0 N–H and O–H groups in total. The molecule has 5 rings (SSSR count). The van der Waals surface area contributed by atoms with Crippen molar-refractivity contribution in [3.05, 3.63) is 89.9 Å². The molecule has 0 fully saturated rings. The number of rotatable bonds is 4. The smallest absolute Gasteiger partial charge is 0.127 e. The van der Waals surface area contributed by atoms with E-state index in [-0.39, 0.29) is 6.04 Å². The van der Waals surface area contributed by atoms with Crippen LogP contribution in [0.15, 0.2) is 72.9 Å². The Labute approximate surface area is 182 Å². The maximum atomic E-state index is 5.82. The maximum Gasteiger partial charge on any atom is 0.127 e. The molecule has 1 atom stereocenters. The molecule has 0 radical (unpaired) electrons. The first-order chi connectivity index (χ1) is 15.1. The summed E-state index contributed by atoms with van der Waals surface area (Å²) in [6, 6.07) is 23.4. The van der Waals surface area contributed by atoms with E-state index in [1.807, 2.05) is 12.3 Å². The number of fused-ring (bicyclic) bond motifs is 3. The van der Waals surface area contributed by atoms with Gasteiger partial charge in [0.2, 0.25) is 0 Å². The number of aryl methyl sites for hydroxylation is 2. The van der Waals surface area contributed by atoms with Gasteiger partial charge in [-0.2, -0.15) is 0 Å². The lowest BCUT2D eigenvalue weighted by molar-refractivity contribution is 0.417. The van der Waals surface area contributed by atoms with Crippen molar-refractivity contribution in [2.24, 2.45) is 0 Å². The summed E-state index contributed by atoms with van der Waals surface area (Å²) in [6.07, 6.45) is 1.88. The number of nitrogens with zero attached hydrogens (tertiary/aromatic N) is 3. The van der Waals surface area contributed by atoms with E-state index in [4.69, 9.17) is 14.7 Å². The predicted octanol–water partition coefficient (Wildman–Crippen LogP) is 6.49. The van der Waals surface area contributed by atoms with E-state index in [1.165, 1.54) is 11.1 Å². The molecule has 0 bridgehead atoms. The Hall–Kier alpha value is -3.66. The van der Waals surface area contributed by atoms with Gasteiger partial charge < -0.3 is 9.30 Å². The van der Waals surface area contributed by atoms with Crippen LogP contribution in [0.3, 0.4) is 0 Å². The third-order valence-electron chi connectivity index (χ3n) is 6.05. The monoisotopic (exact) mass is 407 g/mol. The third kappa shape index (κ3) is 3.25. The average molecular weight is 408 g/mol. The van der Waals surface area contributed by atoms with Gasteiger partial charge in [0.1, 0.15) is 17.1 Å². The highest BCUT2D eigenvalue weighted by Crippen LogP contribution is 2.37. The van der Waals surface area contributed by atoms with Crippen molar-refractivity contribution < 1.29 is 4.74 Å². The molecule has 3 aromatic carbocycles. The van der Waals surface area contributed by atoms with Gasteiger partial charge in [0.25, 0.3) is 0 Å². The minimum Gasteiger partial charge on any atom is -0.496 e. The fourth-order valence-corrected chi connectivity index (χ4v) is 4.40. The summed E-state index contributed by atoms with van der Waals surface area (Å²) in [4.78, 5) is 9.56. The van der Waals surface area contributed by atoms with Crippen LogP contribution in [0, 0.1) is 13.8 Å². The van der Waals surface area contributed by atoms with Crippen molar-refractivity contribution in [3.8, 4) is 16.9 Å². The SMILES string of the molecule is COc1cc2c(cc1-c1ccc(C)cc1)ncc1nc(C)n([C@@H](C)c3ccccc3)c12. The molecule has 2 aromatic heterocycles. The zero-order valence-electron chi connectivity index (χ0n) is 18.3. The Morgan fingerprint density at radius 2 is 1.65 bits per heavy atom. The molecule has 0 saturated carbocycles. The molecule has 154 valence electrons. The summed E-state index contributed by atoms with van der Waals surface area (Å²) in [5, 5.41) is 1.05. The Bertz CT molecular complexity index is 1390. The van der Waals surface area contributed by atoms with E-state index in [0.29, 0.717) is 0 Å². The van der Waals surface area contributed by atoms with Crippen LogP contribution in [0.4, 0.5) is 0 Å². The van der Waals surface area contributed by atoms with Gasteiger partial charge >= 0.3 is 0 Å². The van der Waals surface area contributed by atoms with Crippen LogP contribution in [-0.2, 0) is 0 Å². The summed E-state index contributed by atoms with van der Waals surface area (Å²) >= 11 is 0. The van der Waals surface area contributed by atoms with E-state index in [0.717, 1.165) is 44.6 Å². The van der Waals surface area contributed by atoms with Gasteiger partial charge in [-0.3, -0.25) is 4.98 Å². The summed E-state index contributed by atoms with van der Waals surface area (Å²) in [7, 11) is 1.72. The number of benzene rings is 3. The quantitative estimate of drug-likeness (QED) is 0.342. The highest BCUT2D eigenvalue weighted by Gasteiger charge is 2.19. The minimum absolute atomic E-state index is 0.152. The van der Waals surface area contributed by atoms with Crippen molar-refractivity contribution in [1.82, 2.24) is 14.5 Å². The van der Waals surface area contributed by atoms with Crippen LogP contribution >= 0.6 is 0 Å². The molecule has 4 nitrogen and oxygen atoms in total. The first kappa shape index (κ1) is 19.3. The molecule has 0 aliphatic rings. The van der Waals surface area contributed by atoms with Gasteiger partial charge in [-0.05, 0) is 44.0 Å². The lowest BCUT2D eigenvalue weighted by atomic mass is 10.0. The molecule has 0 aliphatic carbocycles. The van der Waals surface area contributed by atoms with Gasteiger partial charge in [-0.1, -0.05) is 60.2 Å². The van der Waals surface area contributed by atoms with Gasteiger partial charge in [-0.25, -0.2) is 4.98 Å². The number of hydrogen-bond acceptors (Lipinski definition) is 3. The van der Waals surface area contributed by atoms with Gasteiger partial charge in [0.15, 0.2) is 0 Å². The average Bonchev–Trinajstić information content (AvgIpc) is 3.15. The zero-order chi connectivity index (χ0) is 21.5. The Kier molecular flexibility index (Phi) is 4.70. The summed E-state index contributed by atoms with van der Waals surface area (Å²) in [5.41, 5.74) is 7.57. The van der Waals surface area contributed by atoms with Gasteiger partial charge in [0.05, 0.1) is 30.4 Å². The number of ether oxygens (including phenoxy) is 1. The molecular formula is C27H25N3O. The zero-order valence-corrected chi connectivity index (χ0v) is 18.3. The molecule has 0 unspecified atom stereocenters. The maximum absolute atomic E-state index is 5.82. The number of imidazole rings is 1. The van der Waals surface area contributed by atoms with Gasteiger partial charge in [-0.15, -0.1) is 0 Å². The van der Waals surface area contributed by atoms with E-state index >= 15 is 0 Å². The Morgan fingerprint density at radius 3 is 2.35 bits per heavy atom. The lowest BCUT2D eigenvalue weighted by Crippen LogP contribution is -2.08. The second-order valence-electron chi connectivity index (χ2n) is 8.04. The minimum atomic E-state index is 0.152. The Balaban J connectivity index is 1.77. The van der Waals surface area contributed by atoms with Crippen LogP contribution in [0.1, 0.15) is 29.9 Å². The number of hydrogen-bond donors (Lipinski definition) is 0.